The van der Waals surface area contributed by atoms with E-state index in [4.69, 9.17) is 11.6 Å². The zero-order valence-corrected chi connectivity index (χ0v) is 12.1. The van der Waals surface area contributed by atoms with Crippen LogP contribution in [-0.2, 0) is 10.0 Å². The van der Waals surface area contributed by atoms with Crippen LogP contribution in [0.1, 0.15) is 12.8 Å². The van der Waals surface area contributed by atoms with E-state index in [1.165, 1.54) is 18.3 Å². The SMILES string of the molecule is CN(C)CCCCNS(=O)(=O)c1ccnc(Cl)c1. The fraction of sp³-hybridized carbons (Fsp3) is 0.545. The number of hydrogen-bond donors (Lipinski definition) is 1. The van der Waals surface area contributed by atoms with E-state index in [0.29, 0.717) is 6.54 Å². The van der Waals surface area contributed by atoms with Crippen LogP contribution in [0.5, 0.6) is 0 Å². The van der Waals surface area contributed by atoms with Crippen molar-refractivity contribution in [2.24, 2.45) is 0 Å². The highest BCUT2D eigenvalue weighted by atomic mass is 35.5. The molecule has 1 aromatic rings. The van der Waals surface area contributed by atoms with Gasteiger partial charge >= 0.3 is 0 Å². The summed E-state index contributed by atoms with van der Waals surface area (Å²) in [5.74, 6) is 0. The highest BCUT2D eigenvalue weighted by molar-refractivity contribution is 7.89. The summed E-state index contributed by atoms with van der Waals surface area (Å²) in [5, 5.41) is 0.172. The summed E-state index contributed by atoms with van der Waals surface area (Å²) < 4.78 is 26.3. The predicted molar refractivity (Wildman–Crippen MR) is 72.2 cm³/mol. The molecule has 0 atom stereocenters. The van der Waals surface area contributed by atoms with Crippen molar-refractivity contribution in [3.8, 4) is 0 Å². The summed E-state index contributed by atoms with van der Waals surface area (Å²) in [6, 6.07) is 2.76. The van der Waals surface area contributed by atoms with Gasteiger partial charge < -0.3 is 4.90 Å². The molecule has 1 rings (SSSR count). The van der Waals surface area contributed by atoms with Gasteiger partial charge in [-0.25, -0.2) is 18.1 Å². The number of aromatic nitrogens is 1. The largest absolute Gasteiger partial charge is 0.309 e. The third-order valence-electron chi connectivity index (χ3n) is 2.33. The molecule has 7 heteroatoms. The lowest BCUT2D eigenvalue weighted by Crippen LogP contribution is -2.25. The zero-order chi connectivity index (χ0) is 13.6. The normalized spacial score (nSPS) is 12.0. The van der Waals surface area contributed by atoms with Gasteiger partial charge in [0, 0.05) is 12.7 Å². The van der Waals surface area contributed by atoms with Crippen LogP contribution >= 0.6 is 11.6 Å². The third kappa shape index (κ3) is 5.30. The van der Waals surface area contributed by atoms with Crippen molar-refractivity contribution >= 4 is 21.6 Å². The molecule has 0 aliphatic carbocycles. The smallest absolute Gasteiger partial charge is 0.240 e. The molecule has 18 heavy (non-hydrogen) atoms. The average Bonchev–Trinajstić information content (AvgIpc) is 2.28. The van der Waals surface area contributed by atoms with Gasteiger partial charge in [0.1, 0.15) is 5.15 Å². The molecule has 0 saturated carbocycles. The topological polar surface area (TPSA) is 62.3 Å². The molecule has 0 bridgehead atoms. The van der Waals surface area contributed by atoms with Crippen molar-refractivity contribution in [3.63, 3.8) is 0 Å². The Bertz CT molecular complexity index is 477. The Kier molecular flexibility index (Phi) is 6.01. The molecule has 0 aromatic carbocycles. The van der Waals surface area contributed by atoms with Gasteiger partial charge in [0.2, 0.25) is 10.0 Å². The van der Waals surface area contributed by atoms with E-state index in [-0.39, 0.29) is 10.0 Å². The highest BCUT2D eigenvalue weighted by Gasteiger charge is 2.13. The maximum absolute atomic E-state index is 11.9. The van der Waals surface area contributed by atoms with Crippen molar-refractivity contribution in [3.05, 3.63) is 23.5 Å². The van der Waals surface area contributed by atoms with Crippen LogP contribution in [0, 0.1) is 0 Å². The Hall–Kier alpha value is -0.690. The van der Waals surface area contributed by atoms with Crippen molar-refractivity contribution in [2.45, 2.75) is 17.7 Å². The Morgan fingerprint density at radius 1 is 1.39 bits per heavy atom. The molecule has 0 aliphatic heterocycles. The van der Waals surface area contributed by atoms with E-state index >= 15 is 0 Å². The minimum absolute atomic E-state index is 0.148. The molecule has 0 aliphatic rings. The van der Waals surface area contributed by atoms with Gasteiger partial charge in [0.15, 0.2) is 0 Å². The zero-order valence-electron chi connectivity index (χ0n) is 10.6. The van der Waals surface area contributed by atoms with Crippen LogP contribution in [0.15, 0.2) is 23.2 Å². The lowest BCUT2D eigenvalue weighted by atomic mass is 10.3. The van der Waals surface area contributed by atoms with Crippen LogP contribution in [-0.4, -0.2) is 45.5 Å². The molecule has 0 radical (unpaired) electrons. The maximum atomic E-state index is 11.9. The average molecular weight is 292 g/mol. The number of pyridine rings is 1. The van der Waals surface area contributed by atoms with E-state index in [1.807, 2.05) is 14.1 Å². The minimum Gasteiger partial charge on any atom is -0.309 e. The number of sulfonamides is 1. The Labute approximate surface area is 113 Å². The van der Waals surface area contributed by atoms with E-state index in [9.17, 15) is 8.42 Å². The van der Waals surface area contributed by atoms with E-state index < -0.39 is 10.0 Å². The van der Waals surface area contributed by atoms with Crippen molar-refractivity contribution < 1.29 is 8.42 Å². The Morgan fingerprint density at radius 3 is 2.72 bits per heavy atom. The summed E-state index contributed by atoms with van der Waals surface area (Å²) in [7, 11) is 0.507. The van der Waals surface area contributed by atoms with Gasteiger partial charge in [0.05, 0.1) is 4.90 Å². The minimum atomic E-state index is -3.47. The van der Waals surface area contributed by atoms with E-state index in [0.717, 1.165) is 19.4 Å². The highest BCUT2D eigenvalue weighted by Crippen LogP contribution is 2.12. The summed E-state index contributed by atoms with van der Waals surface area (Å²) in [4.78, 5) is 5.97. The number of nitrogens with one attached hydrogen (secondary N) is 1. The number of halogens is 1. The van der Waals surface area contributed by atoms with Crippen LogP contribution in [0.3, 0.4) is 0 Å². The Balaban J connectivity index is 2.46. The van der Waals surface area contributed by atoms with Crippen LogP contribution in [0.4, 0.5) is 0 Å². The van der Waals surface area contributed by atoms with Crippen molar-refractivity contribution in [1.29, 1.82) is 0 Å². The van der Waals surface area contributed by atoms with Crippen LogP contribution in [0.25, 0.3) is 0 Å². The predicted octanol–water partition coefficient (Wildman–Crippen LogP) is 1.36. The summed E-state index contributed by atoms with van der Waals surface area (Å²) in [6.07, 6.45) is 3.13. The second-order valence-electron chi connectivity index (χ2n) is 4.22. The Morgan fingerprint density at radius 2 is 2.11 bits per heavy atom. The third-order valence-corrected chi connectivity index (χ3v) is 4.00. The molecule has 0 spiro atoms. The molecule has 1 heterocycles. The monoisotopic (exact) mass is 291 g/mol. The number of rotatable bonds is 7. The van der Waals surface area contributed by atoms with Gasteiger partial charge in [0.25, 0.3) is 0 Å². The van der Waals surface area contributed by atoms with Crippen molar-refractivity contribution in [2.75, 3.05) is 27.2 Å². The molecule has 0 unspecified atom stereocenters. The van der Waals surface area contributed by atoms with Crippen LogP contribution < -0.4 is 4.72 Å². The lowest BCUT2D eigenvalue weighted by Gasteiger charge is -2.09. The molecule has 1 aromatic heterocycles. The first-order valence-electron chi connectivity index (χ1n) is 5.68. The molecular formula is C11H18ClN3O2S. The van der Waals surface area contributed by atoms with Gasteiger partial charge in [-0.15, -0.1) is 0 Å². The number of unbranched alkanes of at least 4 members (excludes halogenated alkanes) is 1. The van der Waals surface area contributed by atoms with Crippen molar-refractivity contribution in [1.82, 2.24) is 14.6 Å². The molecular weight excluding hydrogens is 274 g/mol. The molecule has 0 saturated heterocycles. The number of nitrogens with zero attached hydrogens (tertiary/aromatic N) is 2. The van der Waals surface area contributed by atoms with E-state index in [2.05, 4.69) is 14.6 Å². The standard InChI is InChI=1S/C11H18ClN3O2S/c1-15(2)8-4-3-6-14-18(16,17)10-5-7-13-11(12)9-10/h5,7,9,14H,3-4,6,8H2,1-2H3. The second-order valence-corrected chi connectivity index (χ2v) is 6.38. The van der Waals surface area contributed by atoms with Gasteiger partial charge in [-0.05, 0) is 45.6 Å². The first kappa shape index (κ1) is 15.4. The fourth-order valence-corrected chi connectivity index (χ4v) is 2.72. The van der Waals surface area contributed by atoms with Crippen LogP contribution in [0.2, 0.25) is 5.15 Å². The first-order chi connectivity index (χ1) is 8.42. The first-order valence-corrected chi connectivity index (χ1v) is 7.54. The lowest BCUT2D eigenvalue weighted by molar-refractivity contribution is 0.394. The summed E-state index contributed by atoms with van der Waals surface area (Å²) in [5.41, 5.74) is 0. The molecule has 1 N–H and O–H groups in total. The summed E-state index contributed by atoms with van der Waals surface area (Å²) in [6.45, 7) is 1.37. The molecule has 5 nitrogen and oxygen atoms in total. The molecule has 0 amide bonds. The molecule has 0 fully saturated rings. The van der Waals surface area contributed by atoms with Gasteiger partial charge in [-0.1, -0.05) is 11.6 Å². The van der Waals surface area contributed by atoms with E-state index in [1.54, 1.807) is 0 Å². The fourth-order valence-electron chi connectivity index (χ4n) is 1.39. The van der Waals surface area contributed by atoms with Gasteiger partial charge in [-0.3, -0.25) is 0 Å². The summed E-state index contributed by atoms with van der Waals surface area (Å²) >= 11 is 5.66. The maximum Gasteiger partial charge on any atom is 0.240 e. The molecule has 102 valence electrons. The second kappa shape index (κ2) is 7.04. The van der Waals surface area contributed by atoms with Gasteiger partial charge in [-0.2, -0.15) is 0 Å². The number of hydrogen-bond acceptors (Lipinski definition) is 4. The quantitative estimate of drug-likeness (QED) is 0.608.